The molecule has 0 unspecified atom stereocenters. The maximum atomic E-state index is 2.69. The van der Waals surface area contributed by atoms with Crippen LogP contribution in [0.5, 0.6) is 0 Å². The summed E-state index contributed by atoms with van der Waals surface area (Å²) in [4.78, 5) is 10.5. The van der Waals surface area contributed by atoms with Gasteiger partial charge in [-0.3, -0.25) is 0 Å². The van der Waals surface area contributed by atoms with Gasteiger partial charge in [0.15, 0.2) is 0 Å². The quantitative estimate of drug-likeness (QED) is 0.0683. The lowest BCUT2D eigenvalue weighted by atomic mass is 10.1. The van der Waals surface area contributed by atoms with Gasteiger partial charge < -0.3 is 19.6 Å². The molecule has 0 aliphatic heterocycles. The van der Waals surface area contributed by atoms with E-state index in [0.717, 1.165) is 0 Å². The summed E-state index contributed by atoms with van der Waals surface area (Å²) in [5.41, 5.74) is 0. The van der Waals surface area contributed by atoms with Crippen LogP contribution >= 0.6 is 11.8 Å². The van der Waals surface area contributed by atoms with E-state index in [4.69, 9.17) is 0 Å². The van der Waals surface area contributed by atoms with Gasteiger partial charge in [0.25, 0.3) is 0 Å². The number of hydrogen-bond acceptors (Lipinski definition) is 5. The molecule has 0 aromatic heterocycles. The van der Waals surface area contributed by atoms with E-state index in [1.807, 2.05) is 0 Å². The van der Waals surface area contributed by atoms with Crippen LogP contribution < -0.4 is 0 Å². The Morgan fingerprint density at radius 2 is 0.488 bits per heavy atom. The van der Waals surface area contributed by atoms with Crippen LogP contribution in [-0.4, -0.2) is 110 Å². The zero-order valence-electron chi connectivity index (χ0n) is 29.4. The molecule has 0 rings (SSSR count). The van der Waals surface area contributed by atoms with E-state index in [1.165, 1.54) is 193 Å². The highest BCUT2D eigenvalue weighted by Crippen LogP contribution is 2.13. The monoisotopic (exact) mass is 599 g/mol. The van der Waals surface area contributed by atoms with Gasteiger partial charge >= 0.3 is 0 Å². The van der Waals surface area contributed by atoms with Crippen molar-refractivity contribution >= 4 is 11.8 Å². The van der Waals surface area contributed by atoms with Gasteiger partial charge in [-0.15, -0.1) is 0 Å². The summed E-state index contributed by atoms with van der Waals surface area (Å²) in [6.07, 6.45) is 22.5. The Morgan fingerprint density at radius 1 is 0.268 bits per heavy atom. The van der Waals surface area contributed by atoms with E-state index in [-0.39, 0.29) is 0 Å². The van der Waals surface area contributed by atoms with Crippen molar-refractivity contribution < 1.29 is 0 Å². The van der Waals surface area contributed by atoms with E-state index >= 15 is 0 Å². The first-order valence-electron chi connectivity index (χ1n) is 18.6. The molecule has 0 radical (unpaired) electrons. The molecule has 4 nitrogen and oxygen atoms in total. The van der Waals surface area contributed by atoms with Crippen molar-refractivity contribution in [2.24, 2.45) is 0 Å². The van der Waals surface area contributed by atoms with Crippen molar-refractivity contribution in [1.82, 2.24) is 19.6 Å². The van der Waals surface area contributed by atoms with Gasteiger partial charge in [-0.2, -0.15) is 11.8 Å². The molecule has 0 aromatic carbocycles. The van der Waals surface area contributed by atoms with Crippen LogP contribution in [0.1, 0.15) is 144 Å². The number of rotatable bonds is 34. The van der Waals surface area contributed by atoms with Gasteiger partial charge in [0.05, 0.1) is 0 Å². The summed E-state index contributed by atoms with van der Waals surface area (Å²) in [6, 6.07) is 0. The van der Waals surface area contributed by atoms with Crippen molar-refractivity contribution in [1.29, 1.82) is 0 Å². The van der Waals surface area contributed by atoms with Gasteiger partial charge in [-0.1, -0.05) is 92.9 Å². The largest absolute Gasteiger partial charge is 0.304 e. The molecule has 0 atom stereocenters. The van der Waals surface area contributed by atoms with Gasteiger partial charge in [0.1, 0.15) is 0 Å². The van der Waals surface area contributed by atoms with Crippen LogP contribution in [0.2, 0.25) is 0 Å². The van der Waals surface area contributed by atoms with E-state index < -0.39 is 0 Å². The smallest absolute Gasteiger partial charge is 0.00189 e. The summed E-state index contributed by atoms with van der Waals surface area (Å²) < 4.78 is 0. The van der Waals surface area contributed by atoms with Crippen LogP contribution in [0, 0.1) is 0 Å². The van der Waals surface area contributed by atoms with Crippen molar-refractivity contribution in [3.63, 3.8) is 0 Å². The van der Waals surface area contributed by atoms with Crippen LogP contribution in [0.4, 0.5) is 0 Å². The molecule has 41 heavy (non-hydrogen) atoms. The Balaban J connectivity index is 3.46. The molecule has 0 bridgehead atoms. The Bertz CT molecular complexity index is 442. The fraction of sp³-hybridized carbons (Fsp3) is 1.00. The molecule has 0 saturated carbocycles. The minimum Gasteiger partial charge on any atom is -0.304 e. The first kappa shape index (κ1) is 41.2. The van der Waals surface area contributed by atoms with Crippen LogP contribution in [0.15, 0.2) is 0 Å². The lowest BCUT2D eigenvalue weighted by Crippen LogP contribution is -2.26. The molecule has 0 amide bonds. The minimum absolute atomic E-state index is 1.20. The van der Waals surface area contributed by atoms with Gasteiger partial charge in [-0.05, 0) is 141 Å². The number of unbranched alkanes of at least 4 members (excludes halogenated alkanes) is 12. The summed E-state index contributed by atoms with van der Waals surface area (Å²) >= 11 is 2.21. The Labute approximate surface area is 265 Å². The summed E-state index contributed by atoms with van der Waals surface area (Å²) in [5, 5.41) is 0. The Morgan fingerprint density at radius 3 is 0.732 bits per heavy atom. The fourth-order valence-electron chi connectivity index (χ4n) is 5.87. The van der Waals surface area contributed by atoms with Crippen LogP contribution in [0.3, 0.4) is 0 Å². The lowest BCUT2D eigenvalue weighted by Gasteiger charge is -2.21. The topological polar surface area (TPSA) is 13.0 Å². The Kier molecular flexibility index (Phi) is 33.2. The first-order valence-corrected chi connectivity index (χ1v) is 19.8. The minimum atomic E-state index is 1.20. The predicted octanol–water partition coefficient (Wildman–Crippen LogP) is 9.29. The summed E-state index contributed by atoms with van der Waals surface area (Å²) in [7, 11) is 0. The molecule has 0 spiro atoms. The number of hydrogen-bond donors (Lipinski definition) is 0. The highest BCUT2D eigenvalue weighted by molar-refractivity contribution is 7.99. The second-order valence-corrected chi connectivity index (χ2v) is 13.4. The average molecular weight is 599 g/mol. The maximum Gasteiger partial charge on any atom is -0.00189 e. The highest BCUT2D eigenvalue weighted by Gasteiger charge is 2.05. The van der Waals surface area contributed by atoms with Crippen LogP contribution in [-0.2, 0) is 0 Å². The molecule has 0 aromatic rings. The van der Waals surface area contributed by atoms with Gasteiger partial charge in [-0.25, -0.2) is 0 Å². The molecule has 0 fully saturated rings. The molecule has 0 aliphatic rings. The van der Waals surface area contributed by atoms with Crippen molar-refractivity contribution in [3.05, 3.63) is 0 Å². The SMILES string of the molecule is CCN(CC)CCCCCCN(CC)CCCCCCSCCCCCCN(CC)CCCCCCN(CC)CC. The van der Waals surface area contributed by atoms with Gasteiger partial charge in [0, 0.05) is 0 Å². The maximum absolute atomic E-state index is 2.69. The molecule has 248 valence electrons. The standard InChI is InChI=1S/C36H78N4S/c1-7-37(8-2)29-21-13-15-23-31-39(11-5)33-25-17-19-27-35-41-36-28-20-18-26-34-40(12-6)32-24-16-14-22-30-38(9-3)10-4/h7-36H2,1-6H3. The van der Waals surface area contributed by atoms with E-state index in [1.54, 1.807) is 0 Å². The molecule has 0 aliphatic carbocycles. The third-order valence-corrected chi connectivity index (χ3v) is 10.3. The summed E-state index contributed by atoms with van der Waals surface area (Å²) in [6.45, 7) is 28.9. The van der Waals surface area contributed by atoms with Crippen molar-refractivity contribution in [3.8, 4) is 0 Å². The second kappa shape index (κ2) is 33.1. The van der Waals surface area contributed by atoms with Crippen LogP contribution in [0.25, 0.3) is 0 Å². The Hall–Kier alpha value is 0.190. The first-order chi connectivity index (χ1) is 20.1. The summed E-state index contributed by atoms with van der Waals surface area (Å²) in [5.74, 6) is 2.76. The highest BCUT2D eigenvalue weighted by atomic mass is 32.2. The van der Waals surface area contributed by atoms with Crippen molar-refractivity contribution in [2.45, 2.75) is 144 Å². The molecule has 0 N–H and O–H groups in total. The van der Waals surface area contributed by atoms with Crippen molar-refractivity contribution in [2.75, 3.05) is 90.0 Å². The zero-order valence-corrected chi connectivity index (χ0v) is 30.2. The molecule has 0 saturated heterocycles. The lowest BCUT2D eigenvalue weighted by molar-refractivity contribution is 0.268. The fourth-order valence-corrected chi connectivity index (χ4v) is 6.89. The second-order valence-electron chi connectivity index (χ2n) is 12.2. The van der Waals surface area contributed by atoms with E-state index in [9.17, 15) is 0 Å². The molecule has 5 heteroatoms. The molecular weight excluding hydrogens is 520 g/mol. The molecule has 0 heterocycles. The number of nitrogens with zero attached hydrogens (tertiary/aromatic N) is 4. The normalized spacial score (nSPS) is 12.1. The van der Waals surface area contributed by atoms with Gasteiger partial charge in [0.2, 0.25) is 0 Å². The van der Waals surface area contributed by atoms with E-state index in [0.29, 0.717) is 0 Å². The number of thioether (sulfide) groups is 1. The zero-order chi connectivity index (χ0) is 30.2. The third-order valence-electron chi connectivity index (χ3n) is 9.11. The third kappa shape index (κ3) is 27.5. The average Bonchev–Trinajstić information content (AvgIpc) is 3.00. The molecular formula is C36H78N4S. The predicted molar refractivity (Wildman–Crippen MR) is 191 cm³/mol. The van der Waals surface area contributed by atoms with E-state index in [2.05, 4.69) is 72.9 Å².